The highest BCUT2D eigenvalue weighted by Crippen LogP contribution is 2.18. The molecule has 0 fully saturated rings. The first kappa shape index (κ1) is 16.6. The van der Waals surface area contributed by atoms with Gasteiger partial charge in [-0.2, -0.15) is 0 Å². The maximum absolute atomic E-state index is 12.2. The summed E-state index contributed by atoms with van der Waals surface area (Å²) >= 11 is 1.56. The Morgan fingerprint density at radius 3 is 2.23 bits per heavy atom. The lowest BCUT2D eigenvalue weighted by Crippen LogP contribution is -2.36. The Morgan fingerprint density at radius 2 is 1.64 bits per heavy atom. The van der Waals surface area contributed by atoms with Crippen LogP contribution in [0.5, 0.6) is 0 Å². The molecule has 2 aromatic carbocycles. The van der Waals surface area contributed by atoms with Crippen LogP contribution in [0.15, 0.2) is 65.6 Å². The number of rotatable bonds is 7. The van der Waals surface area contributed by atoms with Crippen molar-refractivity contribution in [2.24, 2.45) is 0 Å². The van der Waals surface area contributed by atoms with Crippen molar-refractivity contribution in [2.45, 2.75) is 10.9 Å². The summed E-state index contributed by atoms with van der Waals surface area (Å²) in [6.07, 6.45) is 0. The van der Waals surface area contributed by atoms with Gasteiger partial charge in [-0.15, -0.1) is 11.8 Å². The lowest BCUT2D eigenvalue weighted by Gasteiger charge is -2.22. The van der Waals surface area contributed by atoms with E-state index in [-0.39, 0.29) is 11.9 Å². The Kier molecular flexibility index (Phi) is 6.49. The quantitative estimate of drug-likeness (QED) is 0.797. The van der Waals surface area contributed by atoms with E-state index in [0.717, 1.165) is 17.0 Å². The van der Waals surface area contributed by atoms with Gasteiger partial charge in [-0.25, -0.2) is 0 Å². The molecule has 0 saturated heterocycles. The molecule has 2 rings (SSSR count). The summed E-state index contributed by atoms with van der Waals surface area (Å²) in [5.41, 5.74) is 1.13. The van der Waals surface area contributed by atoms with E-state index >= 15 is 0 Å². The zero-order valence-corrected chi connectivity index (χ0v) is 13.8. The molecule has 0 heterocycles. The standard InChI is InChI=1S/C18H22N2OS/c1-20(2)13-17(15-9-5-3-6-10-15)19-18(21)14-22-16-11-7-4-8-12-16/h3-12,17H,13-14H2,1-2H3,(H,19,21)/t17-/m0/s1. The largest absolute Gasteiger partial charge is 0.347 e. The predicted octanol–water partition coefficient (Wildman–Crippen LogP) is 3.20. The first-order valence-electron chi connectivity index (χ1n) is 7.32. The van der Waals surface area contributed by atoms with E-state index in [1.165, 1.54) is 0 Å². The first-order valence-corrected chi connectivity index (χ1v) is 8.30. The van der Waals surface area contributed by atoms with E-state index < -0.39 is 0 Å². The third-order valence-electron chi connectivity index (χ3n) is 3.20. The van der Waals surface area contributed by atoms with Gasteiger partial charge in [0.1, 0.15) is 0 Å². The SMILES string of the molecule is CN(C)C[C@H](NC(=O)CSc1ccccc1)c1ccccc1. The summed E-state index contributed by atoms with van der Waals surface area (Å²) in [7, 11) is 4.03. The zero-order chi connectivity index (χ0) is 15.8. The molecule has 0 aliphatic heterocycles. The average molecular weight is 314 g/mol. The highest BCUT2D eigenvalue weighted by molar-refractivity contribution is 8.00. The number of hydrogen-bond donors (Lipinski definition) is 1. The van der Waals surface area contributed by atoms with Crippen LogP contribution in [-0.2, 0) is 4.79 Å². The van der Waals surface area contributed by atoms with Crippen LogP contribution in [0.4, 0.5) is 0 Å². The third kappa shape index (κ3) is 5.54. The van der Waals surface area contributed by atoms with Crippen LogP contribution >= 0.6 is 11.8 Å². The molecule has 3 nitrogen and oxygen atoms in total. The van der Waals surface area contributed by atoms with E-state index in [4.69, 9.17) is 0 Å². The van der Waals surface area contributed by atoms with Gasteiger partial charge in [-0.3, -0.25) is 4.79 Å². The smallest absolute Gasteiger partial charge is 0.230 e. The molecule has 22 heavy (non-hydrogen) atoms. The topological polar surface area (TPSA) is 32.3 Å². The van der Waals surface area contributed by atoms with Gasteiger partial charge < -0.3 is 10.2 Å². The molecule has 0 spiro atoms. The van der Waals surface area contributed by atoms with Crippen molar-refractivity contribution < 1.29 is 4.79 Å². The highest BCUT2D eigenvalue weighted by atomic mass is 32.2. The Hall–Kier alpha value is -1.78. The number of hydrogen-bond acceptors (Lipinski definition) is 3. The van der Waals surface area contributed by atoms with Gasteiger partial charge in [0, 0.05) is 11.4 Å². The van der Waals surface area contributed by atoms with E-state index in [1.54, 1.807) is 11.8 Å². The van der Waals surface area contributed by atoms with Gasteiger partial charge in [0.2, 0.25) is 5.91 Å². The van der Waals surface area contributed by atoms with Crippen molar-refractivity contribution in [3.8, 4) is 0 Å². The van der Waals surface area contributed by atoms with Crippen LogP contribution < -0.4 is 5.32 Å². The molecule has 0 unspecified atom stereocenters. The molecule has 2 aromatic rings. The molecule has 1 N–H and O–H groups in total. The Bertz CT molecular complexity index is 572. The molecule has 4 heteroatoms. The maximum atomic E-state index is 12.2. The average Bonchev–Trinajstić information content (AvgIpc) is 2.54. The van der Waals surface area contributed by atoms with Crippen LogP contribution in [0.1, 0.15) is 11.6 Å². The monoisotopic (exact) mass is 314 g/mol. The number of nitrogens with one attached hydrogen (secondary N) is 1. The minimum Gasteiger partial charge on any atom is -0.347 e. The molecule has 0 saturated carbocycles. The number of carbonyl (C=O) groups excluding carboxylic acids is 1. The van der Waals surface area contributed by atoms with Gasteiger partial charge in [0.15, 0.2) is 0 Å². The van der Waals surface area contributed by atoms with Crippen LogP contribution in [0, 0.1) is 0 Å². The molecule has 0 radical (unpaired) electrons. The number of carbonyl (C=O) groups is 1. The summed E-state index contributed by atoms with van der Waals surface area (Å²) in [5, 5.41) is 3.13. The minimum absolute atomic E-state index is 0.0140. The molecule has 0 aliphatic carbocycles. The summed E-state index contributed by atoms with van der Waals surface area (Å²) in [6.45, 7) is 0.783. The fourth-order valence-electron chi connectivity index (χ4n) is 2.19. The number of likely N-dealkylation sites (N-methyl/N-ethyl adjacent to an activating group) is 1. The molecular formula is C18H22N2OS. The van der Waals surface area contributed by atoms with Crippen LogP contribution in [-0.4, -0.2) is 37.2 Å². The molecular weight excluding hydrogens is 292 g/mol. The number of nitrogens with zero attached hydrogens (tertiary/aromatic N) is 1. The van der Waals surface area contributed by atoms with E-state index in [9.17, 15) is 4.79 Å². The second-order valence-corrected chi connectivity index (χ2v) is 6.44. The Labute approximate surface area is 136 Å². The number of amides is 1. The second kappa shape index (κ2) is 8.61. The number of benzene rings is 2. The third-order valence-corrected chi connectivity index (χ3v) is 4.21. The van der Waals surface area contributed by atoms with Gasteiger partial charge in [-0.05, 0) is 31.8 Å². The van der Waals surface area contributed by atoms with Crippen molar-refractivity contribution in [1.82, 2.24) is 10.2 Å². The van der Waals surface area contributed by atoms with Crippen LogP contribution in [0.25, 0.3) is 0 Å². The molecule has 1 atom stereocenters. The molecule has 0 aliphatic rings. The second-order valence-electron chi connectivity index (χ2n) is 5.39. The molecule has 0 aromatic heterocycles. The normalized spacial score (nSPS) is 12.1. The van der Waals surface area contributed by atoms with Crippen molar-refractivity contribution >= 4 is 17.7 Å². The zero-order valence-electron chi connectivity index (χ0n) is 13.0. The Morgan fingerprint density at radius 1 is 1.05 bits per heavy atom. The van der Waals surface area contributed by atoms with E-state index in [0.29, 0.717) is 5.75 Å². The van der Waals surface area contributed by atoms with Gasteiger partial charge in [-0.1, -0.05) is 48.5 Å². The minimum atomic E-state index is 0.0140. The molecule has 1 amide bonds. The Balaban J connectivity index is 1.93. The van der Waals surface area contributed by atoms with Crippen LogP contribution in [0.3, 0.4) is 0 Å². The summed E-state index contributed by atoms with van der Waals surface area (Å²) in [5.74, 6) is 0.491. The van der Waals surface area contributed by atoms with Crippen molar-refractivity contribution in [1.29, 1.82) is 0 Å². The summed E-state index contributed by atoms with van der Waals surface area (Å²) in [6, 6.07) is 20.1. The summed E-state index contributed by atoms with van der Waals surface area (Å²) < 4.78 is 0. The van der Waals surface area contributed by atoms with Gasteiger partial charge >= 0.3 is 0 Å². The highest BCUT2D eigenvalue weighted by Gasteiger charge is 2.15. The fourth-order valence-corrected chi connectivity index (χ4v) is 2.92. The van der Waals surface area contributed by atoms with Crippen molar-refractivity contribution in [3.05, 3.63) is 66.2 Å². The fraction of sp³-hybridized carbons (Fsp3) is 0.278. The van der Waals surface area contributed by atoms with E-state index in [1.807, 2.05) is 62.6 Å². The first-order chi connectivity index (χ1) is 10.6. The van der Waals surface area contributed by atoms with Crippen molar-refractivity contribution in [3.63, 3.8) is 0 Å². The van der Waals surface area contributed by atoms with E-state index in [2.05, 4.69) is 22.3 Å². The van der Waals surface area contributed by atoms with Crippen LogP contribution in [0.2, 0.25) is 0 Å². The maximum Gasteiger partial charge on any atom is 0.230 e. The lowest BCUT2D eigenvalue weighted by atomic mass is 10.1. The molecule has 0 bridgehead atoms. The predicted molar refractivity (Wildman–Crippen MR) is 93.0 cm³/mol. The number of thioether (sulfide) groups is 1. The summed E-state index contributed by atoms with van der Waals surface area (Å²) in [4.78, 5) is 15.4. The lowest BCUT2D eigenvalue weighted by molar-refractivity contribution is -0.119. The van der Waals surface area contributed by atoms with Gasteiger partial charge in [0.05, 0.1) is 11.8 Å². The van der Waals surface area contributed by atoms with Gasteiger partial charge in [0.25, 0.3) is 0 Å². The molecule has 116 valence electrons. The van der Waals surface area contributed by atoms with Crippen molar-refractivity contribution in [2.75, 3.05) is 26.4 Å².